The number of pyridine rings is 1. The maximum atomic E-state index is 13.6. The van der Waals surface area contributed by atoms with E-state index in [2.05, 4.69) is 25.4 Å². The van der Waals surface area contributed by atoms with E-state index in [1.165, 1.54) is 12.8 Å². The van der Waals surface area contributed by atoms with Crippen LogP contribution in [0.1, 0.15) is 48.9 Å². The molecule has 0 atom stereocenters. The minimum Gasteiger partial charge on any atom is -0.395 e. The van der Waals surface area contributed by atoms with Crippen molar-refractivity contribution in [1.82, 2.24) is 14.8 Å². The molecule has 1 fully saturated rings. The zero-order chi connectivity index (χ0) is 27.2. The molecule has 3 aliphatic heterocycles. The number of aliphatic hydroxyl groups excluding tert-OH is 1. The normalized spacial score (nSPS) is 17.2. The van der Waals surface area contributed by atoms with E-state index in [9.17, 15) is 13.2 Å². The van der Waals surface area contributed by atoms with Gasteiger partial charge < -0.3 is 20.6 Å². The van der Waals surface area contributed by atoms with Crippen LogP contribution in [0.5, 0.6) is 0 Å². The van der Waals surface area contributed by atoms with Crippen LogP contribution in [0.15, 0.2) is 48.8 Å². The number of aromatic nitrogens is 3. The monoisotopic (exact) mass is 553 g/mol. The topological polar surface area (TPSA) is 141 Å². The van der Waals surface area contributed by atoms with Crippen molar-refractivity contribution in [3.05, 3.63) is 54.4 Å². The van der Waals surface area contributed by atoms with E-state index >= 15 is 0 Å². The minimum absolute atomic E-state index is 0.327. The van der Waals surface area contributed by atoms with E-state index in [0.29, 0.717) is 34.5 Å². The Kier molecular flexibility index (Phi) is 8.32. The lowest BCUT2D eigenvalue weighted by Crippen LogP contribution is -2.35. The van der Waals surface area contributed by atoms with Crippen LogP contribution in [0.4, 0.5) is 23.0 Å². The third kappa shape index (κ3) is 6.69. The number of sulfonamides is 1. The standard InChI is InChI=1S/C27H35N7O4S/c35-17-18-39(37,38)32-21-6-7-22-24(19-21)33-15-10-20(11-16-33)5-2-1-3-12-28-26-23(34-14-4-13-29-34)8-9-25(30-26)31-27(22)36/h4,6-9,13-14,19-20,32,35H,1-3,5,10-12,15-18H2,(H2,28,30,31,36). The summed E-state index contributed by atoms with van der Waals surface area (Å²) in [6.45, 7) is 1.88. The average molecular weight is 554 g/mol. The number of benzene rings is 1. The molecular weight excluding hydrogens is 518 g/mol. The molecule has 3 aliphatic rings. The number of fused-ring (bicyclic) bond motifs is 8. The Morgan fingerprint density at radius 3 is 2.67 bits per heavy atom. The molecule has 3 aromatic rings. The molecule has 5 heterocycles. The maximum Gasteiger partial charge on any atom is 0.258 e. The molecule has 0 spiro atoms. The van der Waals surface area contributed by atoms with Gasteiger partial charge in [-0.25, -0.2) is 18.1 Å². The maximum absolute atomic E-state index is 13.6. The Hall–Kier alpha value is -3.64. The van der Waals surface area contributed by atoms with Crippen LogP contribution in [-0.2, 0) is 10.0 Å². The van der Waals surface area contributed by atoms with Crippen LogP contribution in [-0.4, -0.2) is 66.2 Å². The molecular formula is C27H35N7O4S. The number of anilines is 4. The molecule has 4 N–H and O–H groups in total. The van der Waals surface area contributed by atoms with Crippen molar-refractivity contribution < 1.29 is 18.3 Å². The van der Waals surface area contributed by atoms with Crippen molar-refractivity contribution in [3.63, 3.8) is 0 Å². The van der Waals surface area contributed by atoms with Gasteiger partial charge in [-0.3, -0.25) is 9.52 Å². The summed E-state index contributed by atoms with van der Waals surface area (Å²) < 4.78 is 28.8. The first-order valence-corrected chi connectivity index (χ1v) is 15.1. The summed E-state index contributed by atoms with van der Waals surface area (Å²) >= 11 is 0. The lowest BCUT2D eigenvalue weighted by Gasteiger charge is -2.35. The first-order chi connectivity index (χ1) is 18.9. The van der Waals surface area contributed by atoms with Crippen molar-refractivity contribution >= 4 is 38.9 Å². The number of carbonyl (C=O) groups is 1. The van der Waals surface area contributed by atoms with Crippen molar-refractivity contribution in [2.45, 2.75) is 38.5 Å². The average Bonchev–Trinajstić information content (AvgIpc) is 3.45. The van der Waals surface area contributed by atoms with E-state index in [4.69, 9.17) is 10.1 Å². The second-order valence-corrected chi connectivity index (χ2v) is 11.9. The Bertz CT molecular complexity index is 1390. The molecule has 6 rings (SSSR count). The number of hydrogen-bond acceptors (Lipinski definition) is 8. The van der Waals surface area contributed by atoms with Gasteiger partial charge in [0.15, 0.2) is 5.82 Å². The number of rotatable bonds is 5. The van der Waals surface area contributed by atoms with Gasteiger partial charge in [-0.1, -0.05) is 19.3 Å². The molecule has 12 heteroatoms. The van der Waals surface area contributed by atoms with Gasteiger partial charge in [-0.05, 0) is 61.6 Å². The summed E-state index contributed by atoms with van der Waals surface area (Å²) in [6.07, 6.45) is 10.1. The largest absolute Gasteiger partial charge is 0.395 e. The van der Waals surface area contributed by atoms with E-state index in [1.54, 1.807) is 35.1 Å². The number of hydrogen-bond donors (Lipinski definition) is 4. The Balaban J connectivity index is 1.48. The van der Waals surface area contributed by atoms with Gasteiger partial charge >= 0.3 is 0 Å². The number of nitrogens with zero attached hydrogens (tertiary/aromatic N) is 4. The Morgan fingerprint density at radius 1 is 1.05 bits per heavy atom. The SMILES string of the molecule is O=C1Nc2ccc(-n3cccn3)c(n2)NCCCCCC2CCN(CC2)c2cc(NS(=O)(=O)CCO)ccc21. The molecule has 1 aromatic carbocycles. The molecule has 208 valence electrons. The molecule has 11 nitrogen and oxygen atoms in total. The third-order valence-corrected chi connectivity index (χ3v) is 8.55. The van der Waals surface area contributed by atoms with Gasteiger partial charge in [-0.2, -0.15) is 5.10 Å². The van der Waals surface area contributed by atoms with Crippen molar-refractivity contribution in [1.29, 1.82) is 0 Å². The number of nitrogens with one attached hydrogen (secondary N) is 3. The summed E-state index contributed by atoms with van der Waals surface area (Å²) in [5.74, 6) is 0.952. The fourth-order valence-corrected chi connectivity index (χ4v) is 6.06. The van der Waals surface area contributed by atoms with Crippen LogP contribution >= 0.6 is 0 Å². The van der Waals surface area contributed by atoms with Crippen molar-refractivity contribution in [3.8, 4) is 5.69 Å². The van der Waals surface area contributed by atoms with E-state index in [-0.39, 0.29) is 5.91 Å². The molecule has 0 aliphatic carbocycles. The minimum atomic E-state index is -3.70. The second-order valence-electron chi connectivity index (χ2n) is 10.1. The van der Waals surface area contributed by atoms with Crippen LogP contribution in [0, 0.1) is 5.92 Å². The molecule has 1 saturated heterocycles. The summed E-state index contributed by atoms with van der Waals surface area (Å²) in [5, 5.41) is 19.8. The van der Waals surface area contributed by atoms with Crippen LogP contribution in [0.2, 0.25) is 0 Å². The predicted octanol–water partition coefficient (Wildman–Crippen LogP) is 3.46. The van der Waals surface area contributed by atoms with Crippen LogP contribution in [0.3, 0.4) is 0 Å². The highest BCUT2D eigenvalue weighted by Crippen LogP contribution is 2.32. The lowest BCUT2D eigenvalue weighted by atomic mass is 9.90. The molecule has 39 heavy (non-hydrogen) atoms. The summed E-state index contributed by atoms with van der Waals surface area (Å²) in [6, 6.07) is 10.4. The summed E-state index contributed by atoms with van der Waals surface area (Å²) in [5.41, 5.74) is 2.26. The summed E-state index contributed by atoms with van der Waals surface area (Å²) in [7, 11) is -3.70. The first-order valence-electron chi connectivity index (χ1n) is 13.5. The van der Waals surface area contributed by atoms with Crippen molar-refractivity contribution in [2.75, 3.05) is 52.2 Å². The van der Waals surface area contributed by atoms with Gasteiger partial charge in [0.2, 0.25) is 10.0 Å². The number of amides is 1. The smallest absolute Gasteiger partial charge is 0.258 e. The number of piperidine rings is 1. The Morgan fingerprint density at radius 2 is 1.90 bits per heavy atom. The summed E-state index contributed by atoms with van der Waals surface area (Å²) in [4.78, 5) is 20.4. The van der Waals surface area contributed by atoms with Gasteiger partial charge in [0.25, 0.3) is 5.91 Å². The second kappa shape index (κ2) is 12.0. The predicted molar refractivity (Wildman–Crippen MR) is 152 cm³/mol. The van der Waals surface area contributed by atoms with Crippen LogP contribution < -0.4 is 20.3 Å². The highest BCUT2D eigenvalue weighted by Gasteiger charge is 2.24. The zero-order valence-corrected chi connectivity index (χ0v) is 22.7. The molecule has 0 radical (unpaired) electrons. The highest BCUT2D eigenvalue weighted by atomic mass is 32.2. The molecule has 2 aromatic heterocycles. The molecule has 0 unspecified atom stereocenters. The first kappa shape index (κ1) is 26.9. The lowest BCUT2D eigenvalue weighted by molar-refractivity contribution is 0.102. The Labute approximate surface area is 228 Å². The van der Waals surface area contributed by atoms with Crippen LogP contribution in [0.25, 0.3) is 5.69 Å². The van der Waals surface area contributed by atoms with E-state index in [0.717, 1.165) is 51.0 Å². The fourth-order valence-electron chi connectivity index (χ4n) is 5.24. The number of carbonyl (C=O) groups excluding carboxylic acids is 1. The van der Waals surface area contributed by atoms with Gasteiger partial charge in [0.05, 0.1) is 29.3 Å². The van der Waals surface area contributed by atoms with E-state index in [1.807, 2.05) is 18.3 Å². The zero-order valence-electron chi connectivity index (χ0n) is 21.8. The van der Waals surface area contributed by atoms with E-state index < -0.39 is 22.4 Å². The van der Waals surface area contributed by atoms with Gasteiger partial charge in [-0.15, -0.1) is 0 Å². The van der Waals surface area contributed by atoms with Crippen molar-refractivity contribution in [2.24, 2.45) is 5.92 Å². The fraction of sp³-hybridized carbons (Fsp3) is 0.444. The molecule has 4 bridgehead atoms. The third-order valence-electron chi connectivity index (χ3n) is 7.28. The number of aliphatic hydroxyl groups is 1. The quantitative estimate of drug-likeness (QED) is 0.376. The van der Waals surface area contributed by atoms with Gasteiger partial charge in [0.1, 0.15) is 11.5 Å². The molecule has 1 amide bonds. The van der Waals surface area contributed by atoms with Gasteiger partial charge in [0, 0.05) is 32.0 Å². The highest BCUT2D eigenvalue weighted by molar-refractivity contribution is 7.92. The molecule has 0 saturated carbocycles.